The Hall–Kier alpha value is -1.95. The van der Waals surface area contributed by atoms with Gasteiger partial charge < -0.3 is 10.4 Å². The molecule has 0 amide bonds. The first kappa shape index (κ1) is 14.5. The molecule has 0 saturated heterocycles. The molecule has 1 aliphatic carbocycles. The van der Waals surface area contributed by atoms with Gasteiger partial charge in [-0.25, -0.2) is 4.79 Å². The van der Waals surface area contributed by atoms with Crippen molar-refractivity contribution in [3.8, 4) is 0 Å². The number of hydrogen-bond donors (Lipinski definition) is 2. The van der Waals surface area contributed by atoms with E-state index in [4.69, 9.17) is 0 Å². The molecular weight excluding hydrogens is 260 g/mol. The fraction of sp³-hybridized carbons (Fsp3) is 0.500. The number of nitro benzene ring substituents is 1. The van der Waals surface area contributed by atoms with Crippen LogP contribution in [0.2, 0.25) is 0 Å². The zero-order valence-corrected chi connectivity index (χ0v) is 11.3. The van der Waals surface area contributed by atoms with Crippen LogP contribution in [-0.4, -0.2) is 22.0 Å². The van der Waals surface area contributed by atoms with Crippen LogP contribution in [0.4, 0.5) is 5.69 Å². The van der Waals surface area contributed by atoms with Crippen LogP contribution in [0.1, 0.15) is 42.1 Å². The van der Waals surface area contributed by atoms with Crippen molar-refractivity contribution < 1.29 is 14.8 Å². The maximum atomic E-state index is 11.3. The van der Waals surface area contributed by atoms with E-state index < -0.39 is 10.9 Å². The van der Waals surface area contributed by atoms with Gasteiger partial charge in [0.2, 0.25) is 0 Å². The van der Waals surface area contributed by atoms with Crippen LogP contribution in [0.15, 0.2) is 18.2 Å². The van der Waals surface area contributed by atoms with E-state index >= 15 is 0 Å². The fourth-order valence-corrected chi connectivity index (χ4v) is 2.78. The number of aromatic carboxylic acids is 1. The monoisotopic (exact) mass is 278 g/mol. The van der Waals surface area contributed by atoms with Crippen molar-refractivity contribution in [1.82, 2.24) is 5.32 Å². The Morgan fingerprint density at radius 1 is 1.50 bits per heavy atom. The Morgan fingerprint density at radius 2 is 2.25 bits per heavy atom. The van der Waals surface area contributed by atoms with E-state index in [-0.39, 0.29) is 11.3 Å². The lowest BCUT2D eigenvalue weighted by Crippen LogP contribution is -2.26. The molecular formula is C14H18N2O4. The summed E-state index contributed by atoms with van der Waals surface area (Å²) in [5, 5.41) is 23.4. The molecule has 6 nitrogen and oxygen atoms in total. The number of carbonyl (C=O) groups is 1. The number of rotatable bonds is 5. The van der Waals surface area contributed by atoms with Crippen molar-refractivity contribution in [2.24, 2.45) is 5.92 Å². The van der Waals surface area contributed by atoms with Crippen LogP contribution in [0.5, 0.6) is 0 Å². The summed E-state index contributed by atoms with van der Waals surface area (Å²) in [7, 11) is 0. The van der Waals surface area contributed by atoms with Crippen LogP contribution in [0.3, 0.4) is 0 Å². The van der Waals surface area contributed by atoms with E-state index in [1.54, 1.807) is 6.07 Å². The third kappa shape index (κ3) is 3.14. The van der Waals surface area contributed by atoms with E-state index in [0.29, 0.717) is 24.1 Å². The lowest BCUT2D eigenvalue weighted by Gasteiger charge is -2.13. The Labute approximate surface area is 117 Å². The van der Waals surface area contributed by atoms with Gasteiger partial charge in [0.05, 0.1) is 4.92 Å². The first-order chi connectivity index (χ1) is 9.49. The summed E-state index contributed by atoms with van der Waals surface area (Å²) < 4.78 is 0. The minimum absolute atomic E-state index is 0.212. The lowest BCUT2D eigenvalue weighted by atomic mass is 10.0. The lowest BCUT2D eigenvalue weighted by molar-refractivity contribution is -0.385. The number of carboxylic acid groups (broad SMARTS) is 1. The van der Waals surface area contributed by atoms with Gasteiger partial charge in [-0.15, -0.1) is 0 Å². The molecule has 6 heteroatoms. The Morgan fingerprint density at radius 3 is 2.80 bits per heavy atom. The van der Waals surface area contributed by atoms with Crippen molar-refractivity contribution in [1.29, 1.82) is 0 Å². The largest absolute Gasteiger partial charge is 0.477 e. The Bertz CT molecular complexity index is 530. The Balaban J connectivity index is 2.16. The standard InChI is InChI=1S/C14H18N2O4/c1-9-5-6-11(7-9)15-8-10-3-2-4-12(16(19)20)13(10)14(17)18/h2-4,9,11,15H,5-8H2,1H3,(H,17,18). The zero-order chi connectivity index (χ0) is 14.7. The van der Waals surface area contributed by atoms with E-state index in [0.717, 1.165) is 12.8 Å². The summed E-state index contributed by atoms with van der Waals surface area (Å²) in [4.78, 5) is 21.5. The van der Waals surface area contributed by atoms with E-state index in [1.807, 2.05) is 0 Å². The number of benzene rings is 1. The molecule has 2 atom stereocenters. The van der Waals surface area contributed by atoms with Crippen molar-refractivity contribution >= 4 is 11.7 Å². The van der Waals surface area contributed by atoms with E-state index in [9.17, 15) is 20.0 Å². The second-order valence-corrected chi connectivity index (χ2v) is 5.37. The van der Waals surface area contributed by atoms with Gasteiger partial charge in [0.1, 0.15) is 5.56 Å². The average Bonchev–Trinajstić information content (AvgIpc) is 2.81. The molecule has 0 aliphatic heterocycles. The minimum Gasteiger partial charge on any atom is -0.477 e. The van der Waals surface area contributed by atoms with Gasteiger partial charge in [-0.05, 0) is 30.7 Å². The first-order valence-corrected chi connectivity index (χ1v) is 6.72. The molecule has 20 heavy (non-hydrogen) atoms. The third-order valence-corrected chi connectivity index (χ3v) is 3.82. The molecule has 1 saturated carbocycles. The van der Waals surface area contributed by atoms with Gasteiger partial charge in [-0.3, -0.25) is 10.1 Å². The number of nitrogens with zero attached hydrogens (tertiary/aromatic N) is 1. The van der Waals surface area contributed by atoms with Gasteiger partial charge in [0.15, 0.2) is 0 Å². The zero-order valence-electron chi connectivity index (χ0n) is 11.3. The number of nitrogens with one attached hydrogen (secondary N) is 1. The predicted molar refractivity (Wildman–Crippen MR) is 73.7 cm³/mol. The van der Waals surface area contributed by atoms with Gasteiger partial charge >= 0.3 is 5.97 Å². The van der Waals surface area contributed by atoms with Crippen molar-refractivity contribution in [2.75, 3.05) is 0 Å². The maximum absolute atomic E-state index is 11.3. The summed E-state index contributed by atoms with van der Waals surface area (Å²) >= 11 is 0. The second kappa shape index (κ2) is 6.00. The molecule has 0 bridgehead atoms. The number of carboxylic acids is 1. The molecule has 1 aromatic rings. The highest BCUT2D eigenvalue weighted by Gasteiger charge is 2.25. The molecule has 1 aromatic carbocycles. The molecule has 0 heterocycles. The summed E-state index contributed by atoms with van der Waals surface area (Å²) in [5.74, 6) is -0.578. The molecule has 1 aliphatic rings. The smallest absolute Gasteiger partial charge is 0.343 e. The normalized spacial score (nSPS) is 21.9. The van der Waals surface area contributed by atoms with Gasteiger partial charge in [0, 0.05) is 18.7 Å². The predicted octanol–water partition coefficient (Wildman–Crippen LogP) is 2.57. The van der Waals surface area contributed by atoms with Gasteiger partial charge in [-0.2, -0.15) is 0 Å². The van der Waals surface area contributed by atoms with Crippen molar-refractivity contribution in [3.63, 3.8) is 0 Å². The highest BCUT2D eigenvalue weighted by atomic mass is 16.6. The quantitative estimate of drug-likeness (QED) is 0.638. The number of hydrogen-bond acceptors (Lipinski definition) is 4. The minimum atomic E-state index is -1.26. The highest BCUT2D eigenvalue weighted by molar-refractivity contribution is 5.94. The van der Waals surface area contributed by atoms with Crippen molar-refractivity contribution in [2.45, 2.75) is 38.8 Å². The van der Waals surface area contributed by atoms with Crippen LogP contribution in [0, 0.1) is 16.0 Å². The van der Waals surface area contributed by atoms with Crippen LogP contribution < -0.4 is 5.32 Å². The third-order valence-electron chi connectivity index (χ3n) is 3.82. The molecule has 2 unspecified atom stereocenters. The first-order valence-electron chi connectivity index (χ1n) is 6.72. The molecule has 108 valence electrons. The van der Waals surface area contributed by atoms with Crippen molar-refractivity contribution in [3.05, 3.63) is 39.4 Å². The van der Waals surface area contributed by atoms with Crippen LogP contribution >= 0.6 is 0 Å². The van der Waals surface area contributed by atoms with Crippen LogP contribution in [0.25, 0.3) is 0 Å². The van der Waals surface area contributed by atoms with E-state index in [1.165, 1.54) is 18.6 Å². The molecule has 0 spiro atoms. The fourth-order valence-electron chi connectivity index (χ4n) is 2.78. The average molecular weight is 278 g/mol. The molecule has 2 N–H and O–H groups in total. The molecule has 1 fully saturated rings. The van der Waals surface area contributed by atoms with Gasteiger partial charge in [-0.1, -0.05) is 19.1 Å². The summed E-state index contributed by atoms with van der Waals surface area (Å²) in [6.07, 6.45) is 3.30. The maximum Gasteiger partial charge on any atom is 0.343 e. The second-order valence-electron chi connectivity index (χ2n) is 5.37. The topological polar surface area (TPSA) is 92.5 Å². The summed E-state index contributed by atoms with van der Waals surface area (Å²) in [6, 6.07) is 4.75. The summed E-state index contributed by atoms with van der Waals surface area (Å²) in [5.41, 5.74) is -0.0983. The summed E-state index contributed by atoms with van der Waals surface area (Å²) in [6.45, 7) is 2.54. The highest BCUT2D eigenvalue weighted by Crippen LogP contribution is 2.26. The molecule has 0 radical (unpaired) electrons. The SMILES string of the molecule is CC1CCC(NCc2cccc([N+](=O)[O-])c2C(=O)O)C1. The van der Waals surface area contributed by atoms with Gasteiger partial charge in [0.25, 0.3) is 5.69 Å². The van der Waals surface area contributed by atoms with E-state index in [2.05, 4.69) is 12.2 Å². The number of nitro groups is 1. The van der Waals surface area contributed by atoms with Crippen LogP contribution in [-0.2, 0) is 6.54 Å². The molecule has 2 rings (SSSR count). The molecule has 0 aromatic heterocycles. The Kier molecular flexibility index (Phi) is 4.34.